The highest BCUT2D eigenvalue weighted by Gasteiger charge is 2.42. The molecule has 8 heteroatoms. The molecular weight excluding hydrogens is 346 g/mol. The average molecular weight is 369 g/mol. The van der Waals surface area contributed by atoms with Gasteiger partial charge in [-0.25, -0.2) is 15.0 Å². The van der Waals surface area contributed by atoms with Crippen molar-refractivity contribution >= 4 is 17.0 Å². The van der Waals surface area contributed by atoms with E-state index < -0.39 is 24.5 Å². The summed E-state index contributed by atoms with van der Waals surface area (Å²) in [5, 5.41) is 23.6. The highest BCUT2D eigenvalue weighted by atomic mass is 16.6. The first kappa shape index (κ1) is 17.8. The molecule has 1 aromatic carbocycles. The van der Waals surface area contributed by atoms with Crippen molar-refractivity contribution in [1.82, 2.24) is 19.5 Å². The Labute approximate surface area is 156 Å². The molecule has 1 aliphatic rings. The summed E-state index contributed by atoms with van der Waals surface area (Å²) in [5.74, 6) is 0.628. The number of fused-ring (bicyclic) bond motifs is 1. The fourth-order valence-electron chi connectivity index (χ4n) is 3.45. The lowest BCUT2D eigenvalue weighted by atomic mass is 10.1. The number of hydrogen-bond donors (Lipinski definition) is 3. The van der Waals surface area contributed by atoms with Crippen molar-refractivity contribution in [3.05, 3.63) is 48.5 Å². The van der Waals surface area contributed by atoms with Gasteiger partial charge in [0.1, 0.15) is 18.5 Å². The van der Waals surface area contributed by atoms with Crippen LogP contribution in [0.25, 0.3) is 11.2 Å². The number of aliphatic hydroxyl groups is 2. The Morgan fingerprint density at radius 2 is 1.93 bits per heavy atom. The molecule has 5 atom stereocenters. The smallest absolute Gasteiger partial charge is 0.167 e. The lowest BCUT2D eigenvalue weighted by molar-refractivity contribution is -0.0299. The van der Waals surface area contributed by atoms with E-state index in [1.54, 1.807) is 17.8 Å². The van der Waals surface area contributed by atoms with E-state index in [2.05, 4.69) is 39.3 Å². The number of nitrogens with zero attached hydrogens (tertiary/aromatic N) is 4. The molecule has 3 N–H and O–H groups in total. The SMILES string of the molecule is C[C@H](Cc1ccccc1)Nc1ncnc2c1ncn2[C@@H]1O[C@H](C)[C@@H](O)[C@H]1O. The fraction of sp³-hybridized carbons (Fsp3) is 0.421. The second-order valence-corrected chi connectivity index (χ2v) is 6.99. The van der Waals surface area contributed by atoms with Crippen molar-refractivity contribution in [2.24, 2.45) is 0 Å². The van der Waals surface area contributed by atoms with Crippen LogP contribution < -0.4 is 5.32 Å². The molecule has 0 amide bonds. The van der Waals surface area contributed by atoms with Crippen LogP contribution in [0.5, 0.6) is 0 Å². The Kier molecular flexibility index (Phi) is 4.77. The first-order valence-electron chi connectivity index (χ1n) is 9.04. The van der Waals surface area contributed by atoms with Crippen molar-refractivity contribution < 1.29 is 14.9 Å². The Hall–Kier alpha value is -2.55. The van der Waals surface area contributed by atoms with Crippen LogP contribution in [0.2, 0.25) is 0 Å². The molecule has 1 aliphatic heterocycles. The summed E-state index contributed by atoms with van der Waals surface area (Å²) in [5.41, 5.74) is 2.38. The predicted molar refractivity (Wildman–Crippen MR) is 100 cm³/mol. The van der Waals surface area contributed by atoms with E-state index in [1.165, 1.54) is 11.9 Å². The normalized spacial score (nSPS) is 26.4. The monoisotopic (exact) mass is 369 g/mol. The van der Waals surface area contributed by atoms with E-state index in [9.17, 15) is 10.2 Å². The maximum absolute atomic E-state index is 10.3. The number of anilines is 1. The highest BCUT2D eigenvalue weighted by Crippen LogP contribution is 2.32. The molecular formula is C19H23N5O3. The Balaban J connectivity index is 1.58. The summed E-state index contributed by atoms with van der Waals surface area (Å²) in [6, 6.07) is 10.4. The molecule has 0 spiro atoms. The number of nitrogens with one attached hydrogen (secondary N) is 1. The minimum atomic E-state index is -1.04. The van der Waals surface area contributed by atoms with Gasteiger partial charge in [0.05, 0.1) is 12.4 Å². The molecule has 3 heterocycles. The van der Waals surface area contributed by atoms with Crippen LogP contribution >= 0.6 is 0 Å². The molecule has 1 saturated heterocycles. The first-order chi connectivity index (χ1) is 13.0. The lowest BCUT2D eigenvalue weighted by Crippen LogP contribution is -2.30. The minimum absolute atomic E-state index is 0.144. The summed E-state index contributed by atoms with van der Waals surface area (Å²) in [4.78, 5) is 13.0. The maximum Gasteiger partial charge on any atom is 0.167 e. The summed E-state index contributed by atoms with van der Waals surface area (Å²) < 4.78 is 7.32. The zero-order valence-corrected chi connectivity index (χ0v) is 15.2. The number of benzene rings is 1. The topological polar surface area (TPSA) is 105 Å². The molecule has 0 radical (unpaired) electrons. The van der Waals surface area contributed by atoms with Gasteiger partial charge in [-0.2, -0.15) is 0 Å². The summed E-state index contributed by atoms with van der Waals surface area (Å²) in [6.45, 7) is 3.81. The predicted octanol–water partition coefficient (Wildman–Crippen LogP) is 1.51. The van der Waals surface area contributed by atoms with Crippen LogP contribution in [0.3, 0.4) is 0 Å². The third kappa shape index (κ3) is 3.39. The fourth-order valence-corrected chi connectivity index (χ4v) is 3.45. The van der Waals surface area contributed by atoms with Crippen LogP contribution in [-0.4, -0.2) is 54.1 Å². The Morgan fingerprint density at radius 1 is 1.15 bits per heavy atom. The number of aromatic nitrogens is 4. The number of rotatable bonds is 5. The van der Waals surface area contributed by atoms with E-state index in [0.29, 0.717) is 17.0 Å². The van der Waals surface area contributed by atoms with E-state index in [1.807, 2.05) is 18.2 Å². The molecule has 0 bridgehead atoms. The van der Waals surface area contributed by atoms with Crippen molar-refractivity contribution in [2.75, 3.05) is 5.32 Å². The van der Waals surface area contributed by atoms with Crippen molar-refractivity contribution in [2.45, 2.75) is 50.8 Å². The molecule has 142 valence electrons. The maximum atomic E-state index is 10.3. The lowest BCUT2D eigenvalue weighted by Gasteiger charge is -2.17. The molecule has 2 aromatic heterocycles. The van der Waals surface area contributed by atoms with E-state index in [-0.39, 0.29) is 6.04 Å². The van der Waals surface area contributed by atoms with Gasteiger partial charge in [-0.15, -0.1) is 0 Å². The third-order valence-corrected chi connectivity index (χ3v) is 4.88. The second-order valence-electron chi connectivity index (χ2n) is 6.99. The standard InChI is InChI=1S/C19H23N5O3/c1-11(8-13-6-4-3-5-7-13)23-17-14-18(21-9-20-17)24(10-22-14)19-16(26)15(25)12(2)27-19/h3-7,9-12,15-16,19,25-26H,8H2,1-2H3,(H,20,21,23)/t11-,12-,15-,16-,19-/m1/s1. The van der Waals surface area contributed by atoms with Crippen molar-refractivity contribution in [1.29, 1.82) is 0 Å². The molecule has 0 aliphatic carbocycles. The van der Waals surface area contributed by atoms with Crippen LogP contribution in [0, 0.1) is 0 Å². The summed E-state index contributed by atoms with van der Waals surface area (Å²) in [6.07, 6.45) is 0.682. The van der Waals surface area contributed by atoms with Gasteiger partial charge in [0.2, 0.25) is 0 Å². The van der Waals surface area contributed by atoms with Crippen LogP contribution in [0.4, 0.5) is 5.82 Å². The van der Waals surface area contributed by atoms with Gasteiger partial charge in [-0.1, -0.05) is 30.3 Å². The molecule has 0 saturated carbocycles. The molecule has 3 aromatic rings. The third-order valence-electron chi connectivity index (χ3n) is 4.88. The minimum Gasteiger partial charge on any atom is -0.388 e. The zero-order valence-electron chi connectivity index (χ0n) is 15.2. The van der Waals surface area contributed by atoms with Crippen molar-refractivity contribution in [3.8, 4) is 0 Å². The van der Waals surface area contributed by atoms with Crippen LogP contribution in [-0.2, 0) is 11.2 Å². The van der Waals surface area contributed by atoms with Gasteiger partial charge in [0.15, 0.2) is 23.2 Å². The van der Waals surface area contributed by atoms with Gasteiger partial charge in [-0.3, -0.25) is 4.57 Å². The number of hydrogen-bond acceptors (Lipinski definition) is 7. The number of ether oxygens (including phenoxy) is 1. The molecule has 0 unspecified atom stereocenters. The van der Waals surface area contributed by atoms with Crippen LogP contribution in [0.15, 0.2) is 43.0 Å². The molecule has 1 fully saturated rings. The van der Waals surface area contributed by atoms with Gasteiger partial charge in [0.25, 0.3) is 0 Å². The Bertz CT molecular complexity index is 916. The van der Waals surface area contributed by atoms with Crippen LogP contribution in [0.1, 0.15) is 25.6 Å². The second kappa shape index (κ2) is 7.22. The van der Waals surface area contributed by atoms with Gasteiger partial charge in [0, 0.05) is 6.04 Å². The first-order valence-corrected chi connectivity index (χ1v) is 9.04. The zero-order chi connectivity index (χ0) is 19.0. The van der Waals surface area contributed by atoms with E-state index in [0.717, 1.165) is 6.42 Å². The van der Waals surface area contributed by atoms with Gasteiger partial charge < -0.3 is 20.3 Å². The van der Waals surface area contributed by atoms with E-state index in [4.69, 9.17) is 4.74 Å². The van der Waals surface area contributed by atoms with Crippen molar-refractivity contribution in [3.63, 3.8) is 0 Å². The molecule has 8 nitrogen and oxygen atoms in total. The number of aliphatic hydroxyl groups excluding tert-OH is 2. The highest BCUT2D eigenvalue weighted by molar-refractivity contribution is 5.82. The van der Waals surface area contributed by atoms with Gasteiger partial charge in [-0.05, 0) is 25.8 Å². The van der Waals surface area contributed by atoms with E-state index >= 15 is 0 Å². The van der Waals surface area contributed by atoms with Gasteiger partial charge >= 0.3 is 0 Å². The largest absolute Gasteiger partial charge is 0.388 e. The molecule has 27 heavy (non-hydrogen) atoms. The number of imidazole rings is 1. The summed E-state index contributed by atoms with van der Waals surface area (Å²) >= 11 is 0. The Morgan fingerprint density at radius 3 is 2.63 bits per heavy atom. The average Bonchev–Trinajstić information content (AvgIpc) is 3.20. The summed E-state index contributed by atoms with van der Waals surface area (Å²) in [7, 11) is 0. The molecule has 4 rings (SSSR count). The quantitative estimate of drug-likeness (QED) is 0.626.